The van der Waals surface area contributed by atoms with Gasteiger partial charge in [-0.15, -0.1) is 0 Å². The number of amides is 1. The van der Waals surface area contributed by atoms with Crippen molar-refractivity contribution in [2.45, 2.75) is 0 Å². The Labute approximate surface area is 105 Å². The zero-order valence-corrected chi connectivity index (χ0v) is 10.3. The molecule has 1 aromatic rings. The first-order valence-corrected chi connectivity index (χ1v) is 5.15. The first-order valence-electron chi connectivity index (χ1n) is 5.15. The minimum absolute atomic E-state index is 0.0401. The Morgan fingerprint density at radius 1 is 1.11 bits per heavy atom. The van der Waals surface area contributed by atoms with Crippen molar-refractivity contribution < 1.29 is 4.79 Å². The fraction of sp³-hybridized carbons (Fsp3) is 0.182. The van der Waals surface area contributed by atoms with Gasteiger partial charge in [-0.3, -0.25) is 4.79 Å². The minimum atomic E-state index is -0.157. The second kappa shape index (κ2) is 5.67. The summed E-state index contributed by atoms with van der Waals surface area (Å²) in [6, 6.07) is 6.63. The minimum Gasteiger partial charge on any atom is -0.370 e. The van der Waals surface area contributed by atoms with E-state index in [1.54, 1.807) is 38.4 Å². The number of hydrogen-bond acceptors (Lipinski definition) is 2. The molecule has 0 fully saturated rings. The fourth-order valence-electron chi connectivity index (χ4n) is 1.23. The zero-order valence-electron chi connectivity index (χ0n) is 10.3. The molecule has 1 amide bonds. The molecule has 1 aromatic carbocycles. The predicted molar refractivity (Wildman–Crippen MR) is 71.6 cm³/mol. The van der Waals surface area contributed by atoms with Gasteiger partial charge in [-0.05, 0) is 24.3 Å². The number of nitrogens with two attached hydrogens (primary N) is 3. The number of nitrogens with zero attached hydrogens (tertiary/aromatic N) is 3. The maximum atomic E-state index is 11.6. The predicted octanol–water partition coefficient (Wildman–Crippen LogP) is -0.392. The van der Waals surface area contributed by atoms with Crippen LogP contribution in [0.5, 0.6) is 0 Å². The van der Waals surface area contributed by atoms with Gasteiger partial charge in [-0.1, -0.05) is 0 Å². The van der Waals surface area contributed by atoms with Crippen LogP contribution in [0.15, 0.2) is 34.3 Å². The molecule has 7 nitrogen and oxygen atoms in total. The average Bonchev–Trinajstić information content (AvgIpc) is 2.27. The zero-order chi connectivity index (χ0) is 13.7. The summed E-state index contributed by atoms with van der Waals surface area (Å²) in [6.07, 6.45) is 0. The van der Waals surface area contributed by atoms with Crippen molar-refractivity contribution in [2.75, 3.05) is 14.1 Å². The lowest BCUT2D eigenvalue weighted by Crippen LogP contribution is -2.26. The number of rotatable bonds is 2. The smallest absolute Gasteiger partial charge is 0.253 e. The van der Waals surface area contributed by atoms with Crippen molar-refractivity contribution in [3.05, 3.63) is 29.8 Å². The van der Waals surface area contributed by atoms with Gasteiger partial charge >= 0.3 is 0 Å². The van der Waals surface area contributed by atoms with E-state index in [-0.39, 0.29) is 17.8 Å². The van der Waals surface area contributed by atoms with Gasteiger partial charge in [0.05, 0.1) is 5.69 Å². The standard InChI is InChI=1S/C11H16N6O/c1-17(2)9(18)7-3-5-8(6-4-7)15-11(14)16-10(12)13/h3-6H,1-2H3,(H6,12,13,14,15,16). The topological polar surface area (TPSA) is 123 Å². The third kappa shape index (κ3) is 3.78. The molecule has 0 spiro atoms. The van der Waals surface area contributed by atoms with Gasteiger partial charge in [0.15, 0.2) is 5.96 Å². The summed E-state index contributed by atoms with van der Waals surface area (Å²) in [6.45, 7) is 0. The van der Waals surface area contributed by atoms with E-state index in [4.69, 9.17) is 17.2 Å². The summed E-state index contributed by atoms with van der Waals surface area (Å²) in [5.74, 6) is -0.278. The molecular formula is C11H16N6O. The van der Waals surface area contributed by atoms with E-state index in [0.717, 1.165) is 0 Å². The lowest BCUT2D eigenvalue weighted by molar-refractivity contribution is 0.0827. The monoisotopic (exact) mass is 248 g/mol. The molecule has 0 heterocycles. The summed E-state index contributed by atoms with van der Waals surface area (Å²) in [4.78, 5) is 20.7. The molecule has 0 saturated carbocycles. The van der Waals surface area contributed by atoms with Crippen LogP contribution in [0.4, 0.5) is 5.69 Å². The van der Waals surface area contributed by atoms with Crippen LogP contribution >= 0.6 is 0 Å². The highest BCUT2D eigenvalue weighted by atomic mass is 16.2. The molecule has 0 aliphatic heterocycles. The van der Waals surface area contributed by atoms with Gasteiger partial charge in [0, 0.05) is 19.7 Å². The number of carbonyl (C=O) groups is 1. The third-order valence-corrected chi connectivity index (χ3v) is 2.01. The van der Waals surface area contributed by atoms with E-state index in [9.17, 15) is 4.79 Å². The van der Waals surface area contributed by atoms with Crippen LogP contribution in [0.1, 0.15) is 10.4 Å². The number of carbonyl (C=O) groups excluding carboxylic acids is 1. The van der Waals surface area contributed by atoms with Crippen LogP contribution in [-0.2, 0) is 0 Å². The Bertz CT molecular complexity index is 485. The van der Waals surface area contributed by atoms with Crippen molar-refractivity contribution in [1.29, 1.82) is 0 Å². The Morgan fingerprint density at radius 3 is 2.11 bits per heavy atom. The van der Waals surface area contributed by atoms with Crippen molar-refractivity contribution >= 4 is 23.5 Å². The molecule has 0 atom stereocenters. The Balaban J connectivity index is 2.90. The van der Waals surface area contributed by atoms with E-state index in [0.29, 0.717) is 11.3 Å². The number of guanidine groups is 2. The molecule has 1 rings (SSSR count). The van der Waals surface area contributed by atoms with E-state index >= 15 is 0 Å². The Hall–Kier alpha value is -2.57. The van der Waals surface area contributed by atoms with Crippen molar-refractivity contribution in [2.24, 2.45) is 27.2 Å². The molecule has 0 unspecified atom stereocenters. The average molecular weight is 248 g/mol. The summed E-state index contributed by atoms with van der Waals surface area (Å²) in [5.41, 5.74) is 16.9. The Morgan fingerprint density at radius 2 is 1.67 bits per heavy atom. The maximum absolute atomic E-state index is 11.6. The fourth-order valence-corrected chi connectivity index (χ4v) is 1.23. The highest BCUT2D eigenvalue weighted by Gasteiger charge is 2.06. The molecule has 0 aliphatic rings. The third-order valence-electron chi connectivity index (χ3n) is 2.01. The van der Waals surface area contributed by atoms with Gasteiger partial charge in [-0.2, -0.15) is 4.99 Å². The van der Waals surface area contributed by atoms with Crippen LogP contribution in [-0.4, -0.2) is 36.8 Å². The second-order valence-electron chi connectivity index (χ2n) is 3.75. The SMILES string of the molecule is CN(C)C(=O)c1ccc(N=C(N)N=C(N)N)cc1. The van der Waals surface area contributed by atoms with Crippen LogP contribution < -0.4 is 17.2 Å². The quantitative estimate of drug-likeness (QED) is 0.487. The van der Waals surface area contributed by atoms with Gasteiger partial charge in [0.2, 0.25) is 5.96 Å². The van der Waals surface area contributed by atoms with Gasteiger partial charge in [-0.25, -0.2) is 4.99 Å². The molecule has 0 radical (unpaired) electrons. The van der Waals surface area contributed by atoms with Crippen molar-refractivity contribution in [3.8, 4) is 0 Å². The van der Waals surface area contributed by atoms with Crippen LogP contribution in [0.3, 0.4) is 0 Å². The Kier molecular flexibility index (Phi) is 4.25. The molecule has 7 heteroatoms. The van der Waals surface area contributed by atoms with Crippen molar-refractivity contribution in [1.82, 2.24) is 4.90 Å². The van der Waals surface area contributed by atoms with Gasteiger partial charge in [0.1, 0.15) is 0 Å². The maximum Gasteiger partial charge on any atom is 0.253 e. The highest BCUT2D eigenvalue weighted by molar-refractivity contribution is 5.95. The largest absolute Gasteiger partial charge is 0.370 e. The second-order valence-corrected chi connectivity index (χ2v) is 3.75. The van der Waals surface area contributed by atoms with Crippen LogP contribution in [0.2, 0.25) is 0 Å². The summed E-state index contributed by atoms with van der Waals surface area (Å²) >= 11 is 0. The van der Waals surface area contributed by atoms with E-state index in [2.05, 4.69) is 9.98 Å². The number of benzene rings is 1. The molecule has 0 aromatic heterocycles. The molecule has 6 N–H and O–H groups in total. The summed E-state index contributed by atoms with van der Waals surface area (Å²) < 4.78 is 0. The molecule has 96 valence electrons. The van der Waals surface area contributed by atoms with E-state index in [1.807, 2.05) is 0 Å². The normalized spacial score (nSPS) is 10.9. The number of aliphatic imine (C=N–C) groups is 2. The van der Waals surface area contributed by atoms with Crippen molar-refractivity contribution in [3.63, 3.8) is 0 Å². The van der Waals surface area contributed by atoms with E-state index in [1.165, 1.54) is 4.90 Å². The first kappa shape index (κ1) is 13.5. The molecule has 0 bridgehead atoms. The lowest BCUT2D eigenvalue weighted by atomic mass is 10.2. The van der Waals surface area contributed by atoms with Gasteiger partial charge < -0.3 is 22.1 Å². The summed E-state index contributed by atoms with van der Waals surface area (Å²) in [7, 11) is 3.37. The molecule has 18 heavy (non-hydrogen) atoms. The number of hydrogen-bond donors (Lipinski definition) is 3. The van der Waals surface area contributed by atoms with E-state index < -0.39 is 0 Å². The van der Waals surface area contributed by atoms with Crippen LogP contribution in [0, 0.1) is 0 Å². The van der Waals surface area contributed by atoms with Gasteiger partial charge in [0.25, 0.3) is 5.91 Å². The lowest BCUT2D eigenvalue weighted by Gasteiger charge is -2.09. The molecule has 0 saturated heterocycles. The first-order chi connectivity index (χ1) is 8.40. The molecule has 0 aliphatic carbocycles. The summed E-state index contributed by atoms with van der Waals surface area (Å²) in [5, 5.41) is 0. The molecular weight excluding hydrogens is 232 g/mol. The van der Waals surface area contributed by atoms with Crippen LogP contribution in [0.25, 0.3) is 0 Å². The highest BCUT2D eigenvalue weighted by Crippen LogP contribution is 2.13.